The molecule has 0 aliphatic carbocycles. The number of halogens is 1. The molecule has 0 saturated heterocycles. The standard InChI is InChI=1S/C13H14FN3O2S/c1-2-17(11-7-5-10(14)6-8-11)20(18,19)13-12(15)4-3-9-16-13/h3-9H,2,15H2,1H3. The molecule has 1 aromatic carbocycles. The van der Waals surface area contributed by atoms with E-state index in [1.54, 1.807) is 13.0 Å². The number of aromatic nitrogens is 1. The number of benzene rings is 1. The van der Waals surface area contributed by atoms with Crippen LogP contribution in [0.15, 0.2) is 47.6 Å². The predicted molar refractivity (Wildman–Crippen MR) is 75.3 cm³/mol. The highest BCUT2D eigenvalue weighted by molar-refractivity contribution is 7.92. The van der Waals surface area contributed by atoms with E-state index in [1.807, 2.05) is 0 Å². The highest BCUT2D eigenvalue weighted by atomic mass is 32.2. The Morgan fingerprint density at radius 3 is 2.45 bits per heavy atom. The van der Waals surface area contributed by atoms with E-state index in [9.17, 15) is 12.8 Å². The van der Waals surface area contributed by atoms with Gasteiger partial charge in [-0.1, -0.05) is 0 Å². The lowest BCUT2D eigenvalue weighted by Gasteiger charge is -2.22. The minimum Gasteiger partial charge on any atom is -0.396 e. The summed E-state index contributed by atoms with van der Waals surface area (Å²) < 4.78 is 39.2. The first-order valence-electron chi connectivity index (χ1n) is 5.95. The summed E-state index contributed by atoms with van der Waals surface area (Å²) in [6.45, 7) is 1.87. The zero-order valence-corrected chi connectivity index (χ0v) is 11.6. The van der Waals surface area contributed by atoms with E-state index in [0.29, 0.717) is 5.69 Å². The van der Waals surface area contributed by atoms with Crippen LogP contribution >= 0.6 is 0 Å². The van der Waals surface area contributed by atoms with Gasteiger partial charge in [-0.15, -0.1) is 0 Å². The number of nitrogen functional groups attached to an aromatic ring is 1. The third-order valence-electron chi connectivity index (χ3n) is 2.74. The van der Waals surface area contributed by atoms with Crippen molar-refractivity contribution in [2.24, 2.45) is 0 Å². The molecule has 0 unspecified atom stereocenters. The Balaban J connectivity index is 2.51. The van der Waals surface area contributed by atoms with Crippen molar-refractivity contribution in [1.29, 1.82) is 0 Å². The van der Waals surface area contributed by atoms with E-state index in [2.05, 4.69) is 4.98 Å². The van der Waals surface area contributed by atoms with E-state index in [4.69, 9.17) is 5.73 Å². The first-order valence-corrected chi connectivity index (χ1v) is 7.39. The summed E-state index contributed by atoms with van der Waals surface area (Å²) in [5, 5.41) is -0.203. The molecule has 106 valence electrons. The van der Waals surface area contributed by atoms with Crippen LogP contribution in [0.5, 0.6) is 0 Å². The summed E-state index contributed by atoms with van der Waals surface area (Å²) in [7, 11) is -3.87. The summed E-state index contributed by atoms with van der Waals surface area (Å²) in [6, 6.07) is 8.23. The lowest BCUT2D eigenvalue weighted by Crippen LogP contribution is -2.32. The highest BCUT2D eigenvalue weighted by Crippen LogP contribution is 2.25. The summed E-state index contributed by atoms with van der Waals surface area (Å²) in [4.78, 5) is 3.83. The van der Waals surface area contributed by atoms with Gasteiger partial charge in [0.15, 0.2) is 5.03 Å². The molecule has 0 saturated carbocycles. The fraction of sp³-hybridized carbons (Fsp3) is 0.154. The number of pyridine rings is 1. The number of nitrogens with zero attached hydrogens (tertiary/aromatic N) is 2. The smallest absolute Gasteiger partial charge is 0.283 e. The van der Waals surface area contributed by atoms with Crippen molar-refractivity contribution >= 4 is 21.4 Å². The van der Waals surface area contributed by atoms with Gasteiger partial charge in [0.25, 0.3) is 10.0 Å². The van der Waals surface area contributed by atoms with E-state index in [0.717, 1.165) is 4.31 Å². The first kappa shape index (κ1) is 14.3. The van der Waals surface area contributed by atoms with E-state index < -0.39 is 15.8 Å². The second kappa shape index (κ2) is 5.46. The average Bonchev–Trinajstić information content (AvgIpc) is 2.42. The molecule has 0 atom stereocenters. The molecule has 7 heteroatoms. The Bertz CT molecular complexity index is 702. The maximum Gasteiger partial charge on any atom is 0.283 e. The van der Waals surface area contributed by atoms with Crippen molar-refractivity contribution in [2.45, 2.75) is 11.9 Å². The van der Waals surface area contributed by atoms with Gasteiger partial charge in [0.05, 0.1) is 11.4 Å². The molecule has 0 radical (unpaired) electrons. The second-order valence-corrected chi connectivity index (χ2v) is 5.82. The van der Waals surface area contributed by atoms with Gasteiger partial charge >= 0.3 is 0 Å². The molecule has 0 aliphatic heterocycles. The Kier molecular flexibility index (Phi) is 3.89. The second-order valence-electron chi connectivity index (χ2n) is 4.04. The van der Waals surface area contributed by atoms with Crippen molar-refractivity contribution < 1.29 is 12.8 Å². The minimum atomic E-state index is -3.87. The zero-order chi connectivity index (χ0) is 14.8. The predicted octanol–water partition coefficient (Wildman–Crippen LogP) is 2.02. The number of hydrogen-bond donors (Lipinski definition) is 1. The van der Waals surface area contributed by atoms with Gasteiger partial charge < -0.3 is 5.73 Å². The molecule has 2 N–H and O–H groups in total. The van der Waals surface area contributed by atoms with Crippen molar-refractivity contribution in [3.8, 4) is 0 Å². The van der Waals surface area contributed by atoms with Crippen molar-refractivity contribution in [3.63, 3.8) is 0 Å². The van der Waals surface area contributed by atoms with Crippen LogP contribution in [0.3, 0.4) is 0 Å². The van der Waals surface area contributed by atoms with Gasteiger partial charge in [0.2, 0.25) is 0 Å². The molecule has 0 fully saturated rings. The van der Waals surface area contributed by atoms with Gasteiger partial charge in [-0.05, 0) is 43.3 Å². The monoisotopic (exact) mass is 295 g/mol. The molecule has 5 nitrogen and oxygen atoms in total. The Hall–Kier alpha value is -2.15. The molecule has 1 aromatic heterocycles. The Labute approximate surface area is 116 Å². The van der Waals surface area contributed by atoms with Crippen LogP contribution < -0.4 is 10.0 Å². The fourth-order valence-corrected chi connectivity index (χ4v) is 3.33. The maximum atomic E-state index is 12.9. The van der Waals surface area contributed by atoms with Gasteiger partial charge in [-0.25, -0.2) is 9.37 Å². The van der Waals surface area contributed by atoms with Crippen LogP contribution in [0.1, 0.15) is 6.92 Å². The lowest BCUT2D eigenvalue weighted by atomic mass is 10.3. The molecule has 0 bridgehead atoms. The topological polar surface area (TPSA) is 76.3 Å². The van der Waals surface area contributed by atoms with Crippen molar-refractivity contribution in [3.05, 3.63) is 48.4 Å². The molecule has 2 rings (SSSR count). The third-order valence-corrected chi connectivity index (χ3v) is 4.62. The first-order chi connectivity index (χ1) is 9.46. The number of hydrogen-bond acceptors (Lipinski definition) is 4. The molecule has 0 amide bonds. The third kappa shape index (κ3) is 2.57. The van der Waals surface area contributed by atoms with Gasteiger partial charge in [0, 0.05) is 12.7 Å². The molecule has 0 spiro atoms. The largest absolute Gasteiger partial charge is 0.396 e. The van der Waals surface area contributed by atoms with E-state index >= 15 is 0 Å². The summed E-state index contributed by atoms with van der Waals surface area (Å²) in [5.74, 6) is -0.431. The quantitative estimate of drug-likeness (QED) is 0.936. The van der Waals surface area contributed by atoms with Crippen LogP contribution in [-0.2, 0) is 10.0 Å². The van der Waals surface area contributed by atoms with Gasteiger partial charge in [-0.2, -0.15) is 8.42 Å². The number of nitrogens with two attached hydrogens (primary N) is 1. The van der Waals surface area contributed by atoms with Crippen LogP contribution in [0, 0.1) is 5.82 Å². The molecule has 2 aromatic rings. The summed E-state index contributed by atoms with van der Waals surface area (Å²) >= 11 is 0. The van der Waals surface area contributed by atoms with Crippen molar-refractivity contribution in [2.75, 3.05) is 16.6 Å². The molecule has 20 heavy (non-hydrogen) atoms. The number of rotatable bonds is 4. The number of anilines is 2. The number of sulfonamides is 1. The fourth-order valence-electron chi connectivity index (χ4n) is 1.82. The lowest BCUT2D eigenvalue weighted by molar-refractivity contribution is 0.588. The van der Waals surface area contributed by atoms with Crippen LogP contribution in [0.25, 0.3) is 0 Å². The Morgan fingerprint density at radius 2 is 1.90 bits per heavy atom. The van der Waals surface area contributed by atoms with Gasteiger partial charge in [0.1, 0.15) is 5.82 Å². The molecule has 0 aliphatic rings. The molecule has 1 heterocycles. The maximum absolute atomic E-state index is 12.9. The summed E-state index contributed by atoms with van der Waals surface area (Å²) in [5.41, 5.74) is 6.11. The van der Waals surface area contributed by atoms with Crippen LogP contribution in [-0.4, -0.2) is 19.9 Å². The minimum absolute atomic E-state index is 0.0769. The SMILES string of the molecule is CCN(c1ccc(F)cc1)S(=O)(=O)c1ncccc1N. The van der Waals surface area contributed by atoms with Crippen molar-refractivity contribution in [1.82, 2.24) is 4.98 Å². The normalized spacial score (nSPS) is 11.3. The zero-order valence-electron chi connectivity index (χ0n) is 10.8. The van der Waals surface area contributed by atoms with Crippen LogP contribution in [0.2, 0.25) is 0 Å². The average molecular weight is 295 g/mol. The summed E-state index contributed by atoms with van der Waals surface area (Å²) in [6.07, 6.45) is 1.36. The molecular weight excluding hydrogens is 281 g/mol. The van der Waals surface area contributed by atoms with E-state index in [1.165, 1.54) is 36.5 Å². The van der Waals surface area contributed by atoms with Gasteiger partial charge in [-0.3, -0.25) is 4.31 Å². The Morgan fingerprint density at radius 1 is 1.25 bits per heavy atom. The van der Waals surface area contributed by atoms with Crippen LogP contribution in [0.4, 0.5) is 15.8 Å². The molecular formula is C13H14FN3O2S. The van der Waals surface area contributed by atoms with E-state index in [-0.39, 0.29) is 17.3 Å². The highest BCUT2D eigenvalue weighted by Gasteiger charge is 2.26.